The molecule has 2 aliphatic heterocycles. The Morgan fingerprint density at radius 3 is 2.64 bits per heavy atom. The molecule has 0 saturated carbocycles. The van der Waals surface area contributed by atoms with E-state index in [1.807, 2.05) is 75.4 Å². The maximum absolute atomic E-state index is 14.2. The van der Waals surface area contributed by atoms with E-state index in [9.17, 15) is 14.4 Å². The molecule has 3 heterocycles. The molecule has 0 spiro atoms. The number of hydrogen-bond acceptors (Lipinski definition) is 6. The lowest BCUT2D eigenvalue weighted by molar-refractivity contribution is -0.135. The van der Waals surface area contributed by atoms with E-state index in [4.69, 9.17) is 13.9 Å². The number of fused-ring (bicyclic) bond motifs is 1. The van der Waals surface area contributed by atoms with Gasteiger partial charge in [-0.1, -0.05) is 46.3 Å². The summed E-state index contributed by atoms with van der Waals surface area (Å²) < 4.78 is 18.0. The number of carbonyl (C=O) groups is 3. The molecule has 3 atom stereocenters. The summed E-state index contributed by atoms with van der Waals surface area (Å²) in [6, 6.07) is 17.0. The third kappa shape index (κ3) is 6.30. The molecular weight excluding hydrogens is 564 g/mol. The van der Waals surface area contributed by atoms with Crippen molar-refractivity contribution in [1.29, 1.82) is 0 Å². The number of furan rings is 1. The number of halogens is 1. The molecule has 1 aromatic heterocycles. The summed E-state index contributed by atoms with van der Waals surface area (Å²) in [7, 11) is 0. The number of benzene rings is 2. The van der Waals surface area contributed by atoms with Crippen LogP contribution < -0.4 is 0 Å². The highest BCUT2D eigenvalue weighted by molar-refractivity contribution is 9.10. The second-order valence-electron chi connectivity index (χ2n) is 11.3. The molecule has 0 radical (unpaired) electrons. The van der Waals surface area contributed by atoms with Crippen LogP contribution in [0.5, 0.6) is 0 Å². The molecule has 0 bridgehead atoms. The van der Waals surface area contributed by atoms with Crippen LogP contribution in [0.2, 0.25) is 0 Å². The highest BCUT2D eigenvalue weighted by Gasteiger charge is 2.45. The Labute approximate surface area is 236 Å². The molecule has 5 rings (SSSR count). The number of rotatable bonds is 6. The Bertz CT molecular complexity index is 1360. The molecule has 0 unspecified atom stereocenters. The number of carbonyl (C=O) groups excluding carboxylic acids is 3. The zero-order valence-corrected chi connectivity index (χ0v) is 24.0. The van der Waals surface area contributed by atoms with Gasteiger partial charge >= 0.3 is 12.2 Å². The third-order valence-corrected chi connectivity index (χ3v) is 7.72. The fourth-order valence-electron chi connectivity index (χ4n) is 5.40. The molecule has 39 heavy (non-hydrogen) atoms. The molecule has 3 aromatic rings. The predicted molar refractivity (Wildman–Crippen MR) is 149 cm³/mol. The van der Waals surface area contributed by atoms with Gasteiger partial charge in [0.2, 0.25) is 5.91 Å². The van der Waals surface area contributed by atoms with Crippen LogP contribution in [0, 0.1) is 11.8 Å². The van der Waals surface area contributed by atoms with Crippen molar-refractivity contribution in [2.75, 3.05) is 19.7 Å². The average Bonchev–Trinajstić information content (AvgIpc) is 3.60. The highest BCUT2D eigenvalue weighted by atomic mass is 79.9. The lowest BCUT2D eigenvalue weighted by atomic mass is 9.86. The van der Waals surface area contributed by atoms with Crippen LogP contribution in [0.4, 0.5) is 9.59 Å². The topological polar surface area (TPSA) is 89.3 Å². The minimum absolute atomic E-state index is 0.152. The van der Waals surface area contributed by atoms with Crippen molar-refractivity contribution >= 4 is 45.0 Å². The van der Waals surface area contributed by atoms with Crippen LogP contribution in [0.3, 0.4) is 0 Å². The number of cyclic esters (lactones) is 1. The lowest BCUT2D eigenvalue weighted by Crippen LogP contribution is -2.46. The van der Waals surface area contributed by atoms with E-state index in [2.05, 4.69) is 15.9 Å². The van der Waals surface area contributed by atoms with Crippen molar-refractivity contribution < 1.29 is 28.3 Å². The maximum Gasteiger partial charge on any atom is 0.416 e. The Morgan fingerprint density at radius 1 is 1.13 bits per heavy atom. The standard InChI is InChI=1S/C30H33BrN2O6/c1-30(2,3)39-28(35)32-12-11-20(17-32)25(16-24-15-21-14-22(31)9-10-26(21)38-24)27(34)33-23(18-37-29(33)36)13-19-7-5-4-6-8-19/h4-10,14-15,20,23,25H,11-13,16-18H2,1-3H3/t20-,23-,25-/m0/s1. The summed E-state index contributed by atoms with van der Waals surface area (Å²) in [5.41, 5.74) is 1.13. The Kier molecular flexibility index (Phi) is 7.71. The normalized spacial score (nSPS) is 20.4. The van der Waals surface area contributed by atoms with E-state index in [1.54, 1.807) is 4.90 Å². The zero-order valence-electron chi connectivity index (χ0n) is 22.4. The first kappa shape index (κ1) is 27.2. The summed E-state index contributed by atoms with van der Waals surface area (Å²) in [5, 5.41) is 0.926. The molecule has 2 saturated heterocycles. The minimum Gasteiger partial charge on any atom is -0.461 e. The van der Waals surface area contributed by atoms with Crippen molar-refractivity contribution in [2.24, 2.45) is 11.8 Å². The fourth-order valence-corrected chi connectivity index (χ4v) is 5.77. The van der Waals surface area contributed by atoms with Gasteiger partial charge in [-0.25, -0.2) is 14.5 Å². The second kappa shape index (κ2) is 11.0. The van der Waals surface area contributed by atoms with Gasteiger partial charge in [-0.3, -0.25) is 4.79 Å². The monoisotopic (exact) mass is 596 g/mol. The van der Waals surface area contributed by atoms with E-state index in [1.165, 1.54) is 4.90 Å². The van der Waals surface area contributed by atoms with Gasteiger partial charge in [0.1, 0.15) is 23.6 Å². The average molecular weight is 598 g/mol. The molecule has 0 aliphatic carbocycles. The highest BCUT2D eigenvalue weighted by Crippen LogP contribution is 2.34. The summed E-state index contributed by atoms with van der Waals surface area (Å²) in [5.74, 6) is -0.387. The van der Waals surface area contributed by atoms with Gasteiger partial charge in [0, 0.05) is 29.4 Å². The van der Waals surface area contributed by atoms with Gasteiger partial charge in [0.25, 0.3) is 0 Å². The van der Waals surface area contributed by atoms with Gasteiger partial charge in [-0.15, -0.1) is 0 Å². The first-order valence-electron chi connectivity index (χ1n) is 13.3. The van der Waals surface area contributed by atoms with Crippen LogP contribution in [-0.2, 0) is 27.1 Å². The zero-order chi connectivity index (χ0) is 27.7. The van der Waals surface area contributed by atoms with Crippen LogP contribution in [0.1, 0.15) is 38.5 Å². The molecule has 206 valence electrons. The van der Waals surface area contributed by atoms with Crippen LogP contribution in [-0.4, -0.2) is 59.2 Å². The van der Waals surface area contributed by atoms with Crippen molar-refractivity contribution in [2.45, 2.75) is 51.7 Å². The number of hydrogen-bond donors (Lipinski definition) is 0. The molecule has 2 aromatic carbocycles. The molecule has 0 N–H and O–H groups in total. The van der Waals surface area contributed by atoms with Gasteiger partial charge < -0.3 is 18.8 Å². The number of nitrogens with zero attached hydrogens (tertiary/aromatic N) is 2. The van der Waals surface area contributed by atoms with E-state index >= 15 is 0 Å². The van der Waals surface area contributed by atoms with Gasteiger partial charge in [0.15, 0.2) is 0 Å². The molecule has 9 heteroatoms. The van der Waals surface area contributed by atoms with Crippen LogP contribution in [0.15, 0.2) is 63.5 Å². The second-order valence-corrected chi connectivity index (χ2v) is 12.2. The fraction of sp³-hybridized carbons (Fsp3) is 0.433. The van der Waals surface area contributed by atoms with Gasteiger partial charge in [-0.2, -0.15) is 0 Å². The van der Waals surface area contributed by atoms with Crippen molar-refractivity contribution in [3.05, 3.63) is 70.4 Å². The minimum atomic E-state index is -0.624. The quantitative estimate of drug-likeness (QED) is 0.336. The largest absolute Gasteiger partial charge is 0.461 e. The third-order valence-electron chi connectivity index (χ3n) is 7.23. The summed E-state index contributed by atoms with van der Waals surface area (Å²) >= 11 is 3.49. The Morgan fingerprint density at radius 2 is 1.90 bits per heavy atom. The van der Waals surface area contributed by atoms with Crippen molar-refractivity contribution in [1.82, 2.24) is 9.80 Å². The Hall–Kier alpha value is -3.33. The first-order valence-corrected chi connectivity index (χ1v) is 14.1. The summed E-state index contributed by atoms with van der Waals surface area (Å²) in [6.07, 6.45) is 0.417. The van der Waals surface area contributed by atoms with E-state index in [-0.39, 0.29) is 18.4 Å². The smallest absolute Gasteiger partial charge is 0.416 e. The SMILES string of the molecule is CC(C)(C)OC(=O)N1CC[C@H]([C@H](Cc2cc3cc(Br)ccc3o2)C(=O)N2C(=O)OC[C@@H]2Cc2ccccc2)C1. The summed E-state index contributed by atoms with van der Waals surface area (Å²) in [6.45, 7) is 6.49. The number of ether oxygens (including phenoxy) is 2. The summed E-state index contributed by atoms with van der Waals surface area (Å²) in [4.78, 5) is 42.7. The van der Waals surface area contributed by atoms with Crippen LogP contribution in [0.25, 0.3) is 11.0 Å². The van der Waals surface area contributed by atoms with Gasteiger partial charge in [-0.05, 0) is 69.4 Å². The number of likely N-dealkylation sites (tertiary alicyclic amines) is 1. The first-order chi connectivity index (χ1) is 18.6. The number of imide groups is 1. The lowest BCUT2D eigenvalue weighted by Gasteiger charge is -2.28. The van der Waals surface area contributed by atoms with Gasteiger partial charge in [0.05, 0.1) is 12.0 Å². The van der Waals surface area contributed by atoms with E-state index in [0.29, 0.717) is 38.1 Å². The molecule has 2 fully saturated rings. The van der Waals surface area contributed by atoms with Crippen LogP contribution >= 0.6 is 15.9 Å². The van der Waals surface area contributed by atoms with E-state index < -0.39 is 29.7 Å². The molecule has 2 aliphatic rings. The molecule has 3 amide bonds. The predicted octanol–water partition coefficient (Wildman–Crippen LogP) is 6.20. The molecular formula is C30H33BrN2O6. The molecule has 8 nitrogen and oxygen atoms in total. The number of amides is 3. The van der Waals surface area contributed by atoms with E-state index in [0.717, 1.165) is 21.0 Å². The maximum atomic E-state index is 14.2. The van der Waals surface area contributed by atoms with Crippen molar-refractivity contribution in [3.63, 3.8) is 0 Å². The van der Waals surface area contributed by atoms with Crippen molar-refractivity contribution in [3.8, 4) is 0 Å². The Balaban J connectivity index is 1.41.